The Balaban J connectivity index is 3.20. The summed E-state index contributed by atoms with van der Waals surface area (Å²) in [5, 5.41) is 3.73. The van der Waals surface area contributed by atoms with Gasteiger partial charge in [0, 0.05) is 6.54 Å². The van der Waals surface area contributed by atoms with Crippen molar-refractivity contribution in [1.82, 2.24) is 5.32 Å². The first-order chi connectivity index (χ1) is 9.03. The van der Waals surface area contributed by atoms with Gasteiger partial charge in [0.1, 0.15) is 0 Å². The zero-order chi connectivity index (χ0) is 14.4. The predicted molar refractivity (Wildman–Crippen MR) is 81.3 cm³/mol. The summed E-state index contributed by atoms with van der Waals surface area (Å²) >= 11 is 6.20. The Labute approximate surface area is 120 Å². The molecule has 0 atom stereocenters. The van der Waals surface area contributed by atoms with Crippen molar-refractivity contribution in [3.63, 3.8) is 0 Å². The summed E-state index contributed by atoms with van der Waals surface area (Å²) in [4.78, 5) is 0. The molecule has 19 heavy (non-hydrogen) atoms. The van der Waals surface area contributed by atoms with Gasteiger partial charge in [0.2, 0.25) is 0 Å². The van der Waals surface area contributed by atoms with Crippen molar-refractivity contribution in [2.45, 2.75) is 13.8 Å². The van der Waals surface area contributed by atoms with E-state index in [1.165, 1.54) is 5.57 Å². The van der Waals surface area contributed by atoms with Crippen LogP contribution in [0.4, 0.5) is 0 Å². The van der Waals surface area contributed by atoms with E-state index in [1.54, 1.807) is 14.2 Å². The molecular formula is C15H22ClNO2. The van der Waals surface area contributed by atoms with Gasteiger partial charge in [-0.3, -0.25) is 0 Å². The molecule has 0 heterocycles. The maximum atomic E-state index is 6.20. The van der Waals surface area contributed by atoms with Crippen LogP contribution in [0.3, 0.4) is 0 Å². The first-order valence-electron chi connectivity index (χ1n) is 6.30. The molecule has 0 unspecified atom stereocenters. The summed E-state index contributed by atoms with van der Waals surface area (Å²) < 4.78 is 10.5. The van der Waals surface area contributed by atoms with E-state index < -0.39 is 0 Å². The normalized spacial score (nSPS) is 11.8. The number of halogens is 1. The van der Waals surface area contributed by atoms with Crippen molar-refractivity contribution in [1.29, 1.82) is 0 Å². The van der Waals surface area contributed by atoms with Crippen molar-refractivity contribution < 1.29 is 9.47 Å². The first-order valence-corrected chi connectivity index (χ1v) is 6.67. The number of ether oxygens (including phenoxy) is 2. The van der Waals surface area contributed by atoms with E-state index in [9.17, 15) is 0 Å². The molecule has 0 aliphatic heterocycles. The molecule has 0 fully saturated rings. The Bertz CT molecular complexity index is 456. The quantitative estimate of drug-likeness (QED) is 0.865. The Hall–Kier alpha value is -1.19. The number of methoxy groups -OCH3 is 2. The van der Waals surface area contributed by atoms with Crippen LogP contribution in [0, 0.1) is 5.92 Å². The van der Waals surface area contributed by atoms with E-state index in [-0.39, 0.29) is 0 Å². The van der Waals surface area contributed by atoms with Crippen LogP contribution in [0.15, 0.2) is 17.7 Å². The molecule has 3 nitrogen and oxygen atoms in total. The second-order valence-corrected chi connectivity index (χ2v) is 5.05. The fourth-order valence-corrected chi connectivity index (χ4v) is 2.16. The predicted octanol–water partition coefficient (Wildman–Crippen LogP) is 3.62. The minimum atomic E-state index is 0.472. The number of rotatable bonds is 6. The van der Waals surface area contributed by atoms with Gasteiger partial charge in [-0.05, 0) is 30.7 Å². The zero-order valence-electron chi connectivity index (χ0n) is 12.2. The lowest BCUT2D eigenvalue weighted by atomic mass is 10.00. The summed E-state index contributed by atoms with van der Waals surface area (Å²) in [6, 6.07) is 3.82. The molecule has 1 rings (SSSR count). The maximum Gasteiger partial charge on any atom is 0.179 e. The highest BCUT2D eigenvalue weighted by molar-refractivity contribution is 6.32. The second-order valence-electron chi connectivity index (χ2n) is 4.64. The highest BCUT2D eigenvalue weighted by atomic mass is 35.5. The molecule has 0 aliphatic carbocycles. The molecule has 106 valence electrons. The largest absolute Gasteiger partial charge is 0.493 e. The second kappa shape index (κ2) is 7.41. The third-order valence-corrected chi connectivity index (χ3v) is 3.21. The van der Waals surface area contributed by atoms with Gasteiger partial charge < -0.3 is 14.8 Å². The van der Waals surface area contributed by atoms with E-state index in [0.717, 1.165) is 12.1 Å². The van der Waals surface area contributed by atoms with Crippen LogP contribution in [-0.2, 0) is 0 Å². The van der Waals surface area contributed by atoms with E-state index in [2.05, 4.69) is 25.2 Å². The molecule has 1 N–H and O–H groups in total. The lowest BCUT2D eigenvalue weighted by Crippen LogP contribution is -2.13. The first kappa shape index (κ1) is 15.9. The number of hydrogen-bond donors (Lipinski definition) is 1. The molecule has 0 saturated carbocycles. The highest BCUT2D eigenvalue weighted by Crippen LogP contribution is 2.36. The van der Waals surface area contributed by atoms with Gasteiger partial charge in [0.15, 0.2) is 11.5 Å². The summed E-state index contributed by atoms with van der Waals surface area (Å²) in [6.45, 7) is 5.20. The van der Waals surface area contributed by atoms with E-state index in [0.29, 0.717) is 22.4 Å². The van der Waals surface area contributed by atoms with E-state index in [4.69, 9.17) is 21.1 Å². The van der Waals surface area contributed by atoms with Gasteiger partial charge in [-0.1, -0.05) is 37.1 Å². The molecule has 1 aromatic carbocycles. The lowest BCUT2D eigenvalue weighted by molar-refractivity contribution is 0.355. The van der Waals surface area contributed by atoms with Crippen LogP contribution in [0.2, 0.25) is 5.02 Å². The Morgan fingerprint density at radius 3 is 2.47 bits per heavy atom. The number of likely N-dealkylation sites (N-methyl/N-ethyl adjacent to an activating group) is 1. The SMILES string of the molecule is CNCC(=Cc1cc(Cl)c(OC)c(OC)c1)C(C)C. The van der Waals surface area contributed by atoms with Crippen molar-refractivity contribution >= 4 is 17.7 Å². The number of hydrogen-bond acceptors (Lipinski definition) is 3. The molecule has 0 spiro atoms. The standard InChI is InChI=1S/C15H22ClNO2/c1-10(2)12(9-17-3)6-11-7-13(16)15(19-5)14(8-11)18-4/h6-8,10,17H,9H2,1-5H3. The van der Waals surface area contributed by atoms with Gasteiger partial charge in [-0.15, -0.1) is 0 Å². The minimum absolute atomic E-state index is 0.472. The summed E-state index contributed by atoms with van der Waals surface area (Å²) in [5.41, 5.74) is 2.33. The van der Waals surface area contributed by atoms with Crippen molar-refractivity contribution in [2.75, 3.05) is 27.8 Å². The summed E-state index contributed by atoms with van der Waals surface area (Å²) in [6.07, 6.45) is 2.13. The fourth-order valence-electron chi connectivity index (χ4n) is 1.86. The maximum absolute atomic E-state index is 6.20. The van der Waals surface area contributed by atoms with Gasteiger partial charge in [0.25, 0.3) is 0 Å². The Kier molecular flexibility index (Phi) is 6.19. The van der Waals surface area contributed by atoms with Crippen LogP contribution in [0.25, 0.3) is 6.08 Å². The molecule has 0 aliphatic rings. The fraction of sp³-hybridized carbons (Fsp3) is 0.467. The van der Waals surface area contributed by atoms with E-state index in [1.807, 2.05) is 19.2 Å². The van der Waals surface area contributed by atoms with Crippen molar-refractivity contribution in [3.8, 4) is 11.5 Å². The van der Waals surface area contributed by atoms with Gasteiger partial charge in [-0.2, -0.15) is 0 Å². The van der Waals surface area contributed by atoms with Crippen molar-refractivity contribution in [2.24, 2.45) is 5.92 Å². The molecule has 0 radical (unpaired) electrons. The topological polar surface area (TPSA) is 30.5 Å². The summed E-state index contributed by atoms with van der Waals surface area (Å²) in [7, 11) is 5.14. The monoisotopic (exact) mass is 283 g/mol. The van der Waals surface area contributed by atoms with Crippen LogP contribution in [-0.4, -0.2) is 27.8 Å². The summed E-state index contributed by atoms with van der Waals surface area (Å²) in [5.74, 6) is 1.69. The molecule has 0 bridgehead atoms. The zero-order valence-corrected chi connectivity index (χ0v) is 13.0. The molecule has 0 aromatic heterocycles. The lowest BCUT2D eigenvalue weighted by Gasteiger charge is -2.13. The Morgan fingerprint density at radius 1 is 1.32 bits per heavy atom. The van der Waals surface area contributed by atoms with Gasteiger partial charge in [-0.25, -0.2) is 0 Å². The molecule has 1 aromatic rings. The van der Waals surface area contributed by atoms with Gasteiger partial charge in [0.05, 0.1) is 19.2 Å². The molecule has 0 saturated heterocycles. The average molecular weight is 284 g/mol. The van der Waals surface area contributed by atoms with E-state index >= 15 is 0 Å². The number of benzene rings is 1. The molecule has 0 amide bonds. The third kappa shape index (κ3) is 4.15. The van der Waals surface area contributed by atoms with Gasteiger partial charge >= 0.3 is 0 Å². The number of nitrogens with one attached hydrogen (secondary N) is 1. The third-order valence-electron chi connectivity index (χ3n) is 2.93. The minimum Gasteiger partial charge on any atom is -0.493 e. The smallest absolute Gasteiger partial charge is 0.179 e. The van der Waals surface area contributed by atoms with Crippen LogP contribution >= 0.6 is 11.6 Å². The van der Waals surface area contributed by atoms with Crippen LogP contribution in [0.1, 0.15) is 19.4 Å². The highest BCUT2D eigenvalue weighted by Gasteiger charge is 2.11. The van der Waals surface area contributed by atoms with Crippen LogP contribution < -0.4 is 14.8 Å². The average Bonchev–Trinajstić information content (AvgIpc) is 2.37. The Morgan fingerprint density at radius 2 is 2.00 bits per heavy atom. The van der Waals surface area contributed by atoms with Crippen molar-refractivity contribution in [3.05, 3.63) is 28.3 Å². The molecular weight excluding hydrogens is 262 g/mol. The molecule has 4 heteroatoms. The van der Waals surface area contributed by atoms with Crippen LogP contribution in [0.5, 0.6) is 11.5 Å².